The van der Waals surface area contributed by atoms with Crippen molar-refractivity contribution >= 4 is 22.9 Å². The van der Waals surface area contributed by atoms with Gasteiger partial charge in [0.15, 0.2) is 0 Å². The van der Waals surface area contributed by atoms with Crippen LogP contribution < -0.4 is 11.1 Å². The van der Waals surface area contributed by atoms with Crippen molar-refractivity contribution in [3.05, 3.63) is 83.9 Å². The molecule has 0 bridgehead atoms. The Bertz CT molecular complexity index is 1400. The SMILES string of the molecule is Cn1c(-c2ccc(-c3ccccc3)c(CNC(=O)OC(C)(C)C)c2)c(CCC(N)=O)c2ccccc21. The van der Waals surface area contributed by atoms with Gasteiger partial charge in [-0.1, -0.05) is 60.7 Å². The highest BCUT2D eigenvalue weighted by atomic mass is 16.6. The first-order valence-electron chi connectivity index (χ1n) is 12.1. The molecule has 0 saturated carbocycles. The first-order valence-corrected chi connectivity index (χ1v) is 12.1. The summed E-state index contributed by atoms with van der Waals surface area (Å²) in [6, 6.07) is 24.6. The van der Waals surface area contributed by atoms with E-state index < -0.39 is 11.7 Å². The van der Waals surface area contributed by atoms with E-state index >= 15 is 0 Å². The highest BCUT2D eigenvalue weighted by molar-refractivity contribution is 5.93. The fourth-order valence-electron chi connectivity index (χ4n) is 4.61. The number of nitrogens with two attached hydrogens (primary N) is 1. The number of aromatic nitrogens is 1. The molecule has 3 aromatic carbocycles. The van der Waals surface area contributed by atoms with Gasteiger partial charge in [-0.25, -0.2) is 4.79 Å². The first-order chi connectivity index (χ1) is 17.1. The molecule has 186 valence electrons. The Kier molecular flexibility index (Phi) is 7.15. The summed E-state index contributed by atoms with van der Waals surface area (Å²) < 4.78 is 7.62. The lowest BCUT2D eigenvalue weighted by Crippen LogP contribution is -2.32. The van der Waals surface area contributed by atoms with E-state index in [9.17, 15) is 9.59 Å². The average Bonchev–Trinajstić information content (AvgIpc) is 3.12. The molecule has 0 spiro atoms. The van der Waals surface area contributed by atoms with Crippen molar-refractivity contribution in [2.24, 2.45) is 12.8 Å². The second kappa shape index (κ2) is 10.3. The summed E-state index contributed by atoms with van der Waals surface area (Å²) >= 11 is 0. The number of primary amides is 1. The van der Waals surface area contributed by atoms with E-state index in [0.29, 0.717) is 13.0 Å². The van der Waals surface area contributed by atoms with Crippen LogP contribution in [0.4, 0.5) is 4.79 Å². The van der Waals surface area contributed by atoms with Gasteiger partial charge in [-0.05, 0) is 67.1 Å². The van der Waals surface area contributed by atoms with Crippen molar-refractivity contribution in [3.63, 3.8) is 0 Å². The number of hydrogen-bond donors (Lipinski definition) is 2. The minimum Gasteiger partial charge on any atom is -0.444 e. The topological polar surface area (TPSA) is 86.3 Å². The lowest BCUT2D eigenvalue weighted by atomic mass is 9.94. The highest BCUT2D eigenvalue weighted by Crippen LogP contribution is 2.36. The Morgan fingerprint density at radius 2 is 1.64 bits per heavy atom. The van der Waals surface area contributed by atoms with Crippen LogP contribution in [-0.2, 0) is 29.5 Å². The van der Waals surface area contributed by atoms with E-state index in [2.05, 4.69) is 52.3 Å². The van der Waals surface area contributed by atoms with E-state index in [1.807, 2.05) is 58.2 Å². The fourth-order valence-corrected chi connectivity index (χ4v) is 4.61. The second-order valence-corrected chi connectivity index (χ2v) is 9.96. The number of nitrogens with zero attached hydrogens (tertiary/aromatic N) is 1. The molecule has 0 aliphatic rings. The normalized spacial score (nSPS) is 11.4. The van der Waals surface area contributed by atoms with Crippen LogP contribution in [0.5, 0.6) is 0 Å². The monoisotopic (exact) mass is 483 g/mol. The molecule has 0 unspecified atom stereocenters. The van der Waals surface area contributed by atoms with Crippen LogP contribution in [0.1, 0.15) is 38.3 Å². The van der Waals surface area contributed by atoms with Crippen molar-refractivity contribution in [3.8, 4) is 22.4 Å². The molecular formula is C30H33N3O3. The molecule has 0 aliphatic heterocycles. The van der Waals surface area contributed by atoms with Crippen LogP contribution in [0.2, 0.25) is 0 Å². The number of rotatable bonds is 7. The highest BCUT2D eigenvalue weighted by Gasteiger charge is 2.20. The molecule has 0 saturated heterocycles. The Morgan fingerprint density at radius 1 is 0.944 bits per heavy atom. The van der Waals surface area contributed by atoms with Crippen molar-refractivity contribution in [2.75, 3.05) is 0 Å². The Balaban J connectivity index is 1.80. The van der Waals surface area contributed by atoms with Crippen LogP contribution in [-0.4, -0.2) is 22.2 Å². The van der Waals surface area contributed by atoms with Crippen molar-refractivity contribution < 1.29 is 14.3 Å². The quantitative estimate of drug-likeness (QED) is 0.340. The van der Waals surface area contributed by atoms with E-state index in [-0.39, 0.29) is 12.3 Å². The summed E-state index contributed by atoms with van der Waals surface area (Å²) in [5, 5.41) is 4.02. The standard InChI is InChI=1S/C30H33N3O3/c1-30(2,3)36-29(35)32-19-22-18-21(14-15-23(22)20-10-6-5-7-11-20)28-25(16-17-27(31)34)24-12-8-9-13-26(24)33(28)4/h5-15,18H,16-17,19H2,1-4H3,(H2,31,34)(H,32,35). The van der Waals surface area contributed by atoms with Gasteiger partial charge in [0.25, 0.3) is 0 Å². The van der Waals surface area contributed by atoms with Crippen LogP contribution in [0.15, 0.2) is 72.8 Å². The summed E-state index contributed by atoms with van der Waals surface area (Å²) in [4.78, 5) is 24.1. The maximum absolute atomic E-state index is 12.4. The summed E-state index contributed by atoms with van der Waals surface area (Å²) in [6.45, 7) is 5.84. The zero-order valence-electron chi connectivity index (χ0n) is 21.3. The molecule has 4 rings (SSSR count). The van der Waals surface area contributed by atoms with E-state index in [4.69, 9.17) is 10.5 Å². The molecular weight excluding hydrogens is 450 g/mol. The molecule has 6 heteroatoms. The number of para-hydroxylation sites is 1. The molecule has 2 amide bonds. The zero-order valence-corrected chi connectivity index (χ0v) is 21.3. The van der Waals surface area contributed by atoms with E-state index in [1.54, 1.807) is 0 Å². The third-order valence-corrected chi connectivity index (χ3v) is 6.12. The van der Waals surface area contributed by atoms with Crippen LogP contribution in [0.3, 0.4) is 0 Å². The minimum atomic E-state index is -0.577. The molecule has 0 fully saturated rings. The number of amides is 2. The molecule has 0 radical (unpaired) electrons. The molecule has 0 atom stereocenters. The number of hydrogen-bond acceptors (Lipinski definition) is 3. The Hall–Kier alpha value is -4.06. The van der Waals surface area contributed by atoms with Crippen LogP contribution >= 0.6 is 0 Å². The Morgan fingerprint density at radius 3 is 2.33 bits per heavy atom. The fraction of sp³-hybridized carbons (Fsp3) is 0.267. The molecule has 4 aromatic rings. The molecule has 0 aliphatic carbocycles. The minimum absolute atomic E-state index is 0.274. The van der Waals surface area contributed by atoms with Gasteiger partial charge in [0.1, 0.15) is 5.60 Å². The zero-order chi connectivity index (χ0) is 25.9. The van der Waals surface area contributed by atoms with Crippen LogP contribution in [0, 0.1) is 0 Å². The third kappa shape index (κ3) is 5.60. The van der Waals surface area contributed by atoms with Gasteiger partial charge in [-0.2, -0.15) is 0 Å². The molecule has 1 heterocycles. The molecule has 1 aromatic heterocycles. The number of carbonyl (C=O) groups excluding carboxylic acids is 2. The van der Waals surface area contributed by atoms with Gasteiger partial charge in [0.2, 0.25) is 5.91 Å². The predicted octanol–water partition coefficient (Wildman–Crippen LogP) is 5.95. The largest absolute Gasteiger partial charge is 0.444 e. The number of aryl methyl sites for hydroxylation is 2. The van der Waals surface area contributed by atoms with E-state index in [1.165, 1.54) is 0 Å². The molecule has 6 nitrogen and oxygen atoms in total. The second-order valence-electron chi connectivity index (χ2n) is 9.96. The number of ether oxygens (including phenoxy) is 1. The number of benzene rings is 3. The lowest BCUT2D eigenvalue weighted by Gasteiger charge is -2.20. The number of nitrogens with one attached hydrogen (secondary N) is 1. The van der Waals surface area contributed by atoms with Gasteiger partial charge in [0.05, 0.1) is 5.69 Å². The summed E-state index contributed by atoms with van der Waals surface area (Å²) in [5.74, 6) is -0.324. The van der Waals surface area contributed by atoms with E-state index in [0.717, 1.165) is 44.4 Å². The van der Waals surface area contributed by atoms with Gasteiger partial charge < -0.3 is 20.4 Å². The first kappa shape index (κ1) is 25.0. The smallest absolute Gasteiger partial charge is 0.407 e. The summed E-state index contributed by atoms with van der Waals surface area (Å²) in [7, 11) is 2.04. The maximum Gasteiger partial charge on any atom is 0.407 e. The third-order valence-electron chi connectivity index (χ3n) is 6.12. The maximum atomic E-state index is 12.4. The van der Waals surface area contributed by atoms with Crippen molar-refractivity contribution in [1.29, 1.82) is 0 Å². The average molecular weight is 484 g/mol. The number of fused-ring (bicyclic) bond motifs is 1. The van der Waals surface area contributed by atoms with Gasteiger partial charge in [-0.3, -0.25) is 4.79 Å². The van der Waals surface area contributed by atoms with Crippen molar-refractivity contribution in [1.82, 2.24) is 9.88 Å². The van der Waals surface area contributed by atoms with Crippen molar-refractivity contribution in [2.45, 2.75) is 45.8 Å². The van der Waals surface area contributed by atoms with Gasteiger partial charge in [0, 0.05) is 30.9 Å². The van der Waals surface area contributed by atoms with Gasteiger partial charge in [-0.15, -0.1) is 0 Å². The lowest BCUT2D eigenvalue weighted by molar-refractivity contribution is -0.117. The van der Waals surface area contributed by atoms with Gasteiger partial charge >= 0.3 is 6.09 Å². The molecule has 36 heavy (non-hydrogen) atoms. The molecule has 3 N–H and O–H groups in total. The van der Waals surface area contributed by atoms with Crippen LogP contribution in [0.25, 0.3) is 33.3 Å². The summed E-state index contributed by atoms with van der Waals surface area (Å²) in [6.07, 6.45) is 0.368. The predicted molar refractivity (Wildman–Crippen MR) is 144 cm³/mol. The number of alkyl carbamates (subject to hydrolysis) is 1. The number of carbonyl (C=O) groups is 2. The summed E-state index contributed by atoms with van der Waals surface area (Å²) in [5.41, 5.74) is 12.2. The Labute approximate surface area is 212 Å².